The summed E-state index contributed by atoms with van der Waals surface area (Å²) >= 11 is 3.47. The lowest BCUT2D eigenvalue weighted by Crippen LogP contribution is -2.48. The molecule has 0 amide bonds. The Balaban J connectivity index is 2.33. The van der Waals surface area contributed by atoms with Crippen LogP contribution in [-0.2, 0) is 4.74 Å². The average Bonchev–Trinajstić information content (AvgIpc) is 2.38. The fourth-order valence-corrected chi connectivity index (χ4v) is 2.78. The molecule has 0 saturated carbocycles. The number of nitrogens with zero attached hydrogens (tertiary/aromatic N) is 2. The highest BCUT2D eigenvalue weighted by Crippen LogP contribution is 2.27. The van der Waals surface area contributed by atoms with Gasteiger partial charge in [0, 0.05) is 16.7 Å². The Morgan fingerprint density at radius 3 is 2.94 bits per heavy atom. The minimum Gasteiger partial charge on any atom is -0.375 e. The van der Waals surface area contributed by atoms with E-state index in [1.165, 1.54) is 0 Å². The molecular weight excluding hydrogens is 292 g/mol. The number of hydrogen-bond acceptors (Lipinski definition) is 3. The molecular formula is C14H17BrN2O. The maximum atomic E-state index is 9.05. The van der Waals surface area contributed by atoms with Crippen molar-refractivity contribution in [1.29, 1.82) is 5.26 Å². The molecule has 1 heterocycles. The fraction of sp³-hybridized carbons (Fsp3) is 0.500. The van der Waals surface area contributed by atoms with E-state index in [1.807, 2.05) is 12.1 Å². The number of benzene rings is 1. The van der Waals surface area contributed by atoms with Gasteiger partial charge < -0.3 is 9.64 Å². The molecule has 1 fully saturated rings. The molecule has 1 aromatic rings. The number of anilines is 1. The van der Waals surface area contributed by atoms with Crippen molar-refractivity contribution < 1.29 is 4.74 Å². The summed E-state index contributed by atoms with van der Waals surface area (Å²) in [6.07, 6.45) is 1.28. The van der Waals surface area contributed by atoms with E-state index in [-0.39, 0.29) is 6.10 Å². The molecule has 0 spiro atoms. The third-order valence-electron chi connectivity index (χ3n) is 3.28. The maximum Gasteiger partial charge on any atom is 0.0992 e. The van der Waals surface area contributed by atoms with Gasteiger partial charge >= 0.3 is 0 Å². The van der Waals surface area contributed by atoms with Gasteiger partial charge in [-0.15, -0.1) is 0 Å². The van der Waals surface area contributed by atoms with E-state index >= 15 is 0 Å². The van der Waals surface area contributed by atoms with E-state index in [1.54, 1.807) is 0 Å². The van der Waals surface area contributed by atoms with Gasteiger partial charge in [-0.25, -0.2) is 0 Å². The molecule has 0 radical (unpaired) electrons. The first-order valence-electron chi connectivity index (χ1n) is 6.23. The number of halogens is 1. The second-order valence-corrected chi connectivity index (χ2v) is 5.58. The highest BCUT2D eigenvalue weighted by Gasteiger charge is 2.26. The van der Waals surface area contributed by atoms with Crippen LogP contribution in [0.4, 0.5) is 5.69 Å². The topological polar surface area (TPSA) is 36.3 Å². The first-order chi connectivity index (χ1) is 8.63. The number of morpholine rings is 1. The number of rotatable bonds is 2. The first-order valence-corrected chi connectivity index (χ1v) is 7.02. The predicted octanol–water partition coefficient (Wildman–Crippen LogP) is 3.32. The van der Waals surface area contributed by atoms with E-state index in [9.17, 15) is 0 Å². The molecule has 0 aromatic heterocycles. The van der Waals surface area contributed by atoms with Crippen molar-refractivity contribution in [2.45, 2.75) is 32.4 Å². The quantitative estimate of drug-likeness (QED) is 0.841. The lowest BCUT2D eigenvalue weighted by Gasteiger charge is -2.40. The Hall–Kier alpha value is -1.05. The van der Waals surface area contributed by atoms with Gasteiger partial charge in [-0.3, -0.25) is 0 Å². The molecule has 1 saturated heterocycles. The van der Waals surface area contributed by atoms with Gasteiger partial charge in [0.2, 0.25) is 0 Å². The van der Waals surface area contributed by atoms with Crippen LogP contribution in [0.25, 0.3) is 0 Å². The number of ether oxygens (including phenoxy) is 1. The maximum absolute atomic E-state index is 9.05. The molecule has 0 bridgehead atoms. The molecule has 96 valence electrons. The van der Waals surface area contributed by atoms with E-state index in [0.717, 1.165) is 29.7 Å². The molecule has 0 aliphatic carbocycles. The largest absolute Gasteiger partial charge is 0.375 e. The molecule has 2 atom stereocenters. The van der Waals surface area contributed by atoms with Crippen molar-refractivity contribution in [3.05, 3.63) is 28.2 Å². The molecule has 3 nitrogen and oxygen atoms in total. The van der Waals surface area contributed by atoms with E-state index in [2.05, 4.69) is 46.8 Å². The van der Waals surface area contributed by atoms with Crippen molar-refractivity contribution in [2.24, 2.45) is 0 Å². The molecule has 0 N–H and O–H groups in total. The van der Waals surface area contributed by atoms with Crippen LogP contribution in [0.15, 0.2) is 22.7 Å². The fourth-order valence-electron chi connectivity index (χ4n) is 2.30. The smallest absolute Gasteiger partial charge is 0.0992 e. The molecule has 1 aromatic carbocycles. The van der Waals surface area contributed by atoms with Crippen LogP contribution in [0.5, 0.6) is 0 Å². The summed E-state index contributed by atoms with van der Waals surface area (Å²) in [5, 5.41) is 9.05. The molecule has 4 heteroatoms. The average molecular weight is 309 g/mol. The van der Waals surface area contributed by atoms with Crippen molar-refractivity contribution in [3.63, 3.8) is 0 Å². The zero-order valence-corrected chi connectivity index (χ0v) is 12.3. The first kappa shape index (κ1) is 13.4. The van der Waals surface area contributed by atoms with Crippen LogP contribution >= 0.6 is 15.9 Å². The van der Waals surface area contributed by atoms with Gasteiger partial charge in [0.25, 0.3) is 0 Å². The zero-order chi connectivity index (χ0) is 13.1. The Bertz CT molecular complexity index is 469. The summed E-state index contributed by atoms with van der Waals surface area (Å²) in [4.78, 5) is 2.35. The van der Waals surface area contributed by atoms with Crippen molar-refractivity contribution in [3.8, 4) is 6.07 Å². The molecule has 2 rings (SSSR count). The second-order valence-electron chi connectivity index (χ2n) is 4.67. The molecule has 1 aliphatic rings. The third kappa shape index (κ3) is 2.85. The van der Waals surface area contributed by atoms with Gasteiger partial charge in [0.1, 0.15) is 0 Å². The lowest BCUT2D eigenvalue weighted by atomic mass is 10.1. The Labute approximate surface area is 116 Å². The summed E-state index contributed by atoms with van der Waals surface area (Å²) in [5.74, 6) is 0. The Kier molecular flexibility index (Phi) is 4.26. The number of nitriles is 1. The van der Waals surface area contributed by atoms with Crippen molar-refractivity contribution >= 4 is 21.6 Å². The van der Waals surface area contributed by atoms with Crippen LogP contribution in [-0.4, -0.2) is 25.3 Å². The van der Waals surface area contributed by atoms with E-state index in [4.69, 9.17) is 10.00 Å². The van der Waals surface area contributed by atoms with Gasteiger partial charge in [0.05, 0.1) is 30.4 Å². The minimum absolute atomic E-state index is 0.234. The molecule has 18 heavy (non-hydrogen) atoms. The highest BCUT2D eigenvalue weighted by molar-refractivity contribution is 9.10. The molecule has 2 unspecified atom stereocenters. The predicted molar refractivity (Wildman–Crippen MR) is 75.7 cm³/mol. The SMILES string of the molecule is CCC1COC(C)CN1c1cc(Br)cc(C#N)c1. The van der Waals surface area contributed by atoms with Crippen LogP contribution in [0.1, 0.15) is 25.8 Å². The Morgan fingerprint density at radius 2 is 2.28 bits per heavy atom. The van der Waals surface area contributed by atoms with E-state index in [0.29, 0.717) is 11.6 Å². The van der Waals surface area contributed by atoms with Gasteiger partial charge in [-0.2, -0.15) is 5.26 Å². The van der Waals surface area contributed by atoms with Crippen LogP contribution in [0.3, 0.4) is 0 Å². The number of hydrogen-bond donors (Lipinski definition) is 0. The highest BCUT2D eigenvalue weighted by atomic mass is 79.9. The summed E-state index contributed by atoms with van der Waals surface area (Å²) in [6.45, 7) is 5.88. The van der Waals surface area contributed by atoms with Crippen molar-refractivity contribution in [2.75, 3.05) is 18.1 Å². The standard InChI is InChI=1S/C14H17BrN2O/c1-3-13-9-18-10(2)8-17(13)14-5-11(7-16)4-12(15)6-14/h4-6,10,13H,3,8-9H2,1-2H3. The van der Waals surface area contributed by atoms with Crippen molar-refractivity contribution in [1.82, 2.24) is 0 Å². The summed E-state index contributed by atoms with van der Waals surface area (Å²) in [6, 6.07) is 8.46. The molecule has 1 aliphatic heterocycles. The van der Waals surface area contributed by atoms with Gasteiger partial charge in [-0.1, -0.05) is 22.9 Å². The summed E-state index contributed by atoms with van der Waals surface area (Å²) < 4.78 is 6.65. The Morgan fingerprint density at radius 1 is 1.50 bits per heavy atom. The second kappa shape index (κ2) is 5.73. The van der Waals surface area contributed by atoms with Gasteiger partial charge in [0.15, 0.2) is 0 Å². The van der Waals surface area contributed by atoms with Crippen LogP contribution in [0.2, 0.25) is 0 Å². The summed E-state index contributed by atoms with van der Waals surface area (Å²) in [5.41, 5.74) is 1.79. The van der Waals surface area contributed by atoms with Gasteiger partial charge in [-0.05, 0) is 31.5 Å². The summed E-state index contributed by atoms with van der Waals surface area (Å²) in [7, 11) is 0. The normalized spacial score (nSPS) is 23.8. The third-order valence-corrected chi connectivity index (χ3v) is 3.74. The minimum atomic E-state index is 0.234. The zero-order valence-electron chi connectivity index (χ0n) is 10.7. The van der Waals surface area contributed by atoms with Crippen LogP contribution in [0, 0.1) is 11.3 Å². The van der Waals surface area contributed by atoms with E-state index < -0.39 is 0 Å². The monoisotopic (exact) mass is 308 g/mol. The van der Waals surface area contributed by atoms with Crippen LogP contribution < -0.4 is 4.90 Å². The lowest BCUT2D eigenvalue weighted by molar-refractivity contribution is 0.0299.